The molecular weight excluding hydrogens is 492 g/mol. The van der Waals surface area contributed by atoms with Gasteiger partial charge in [0, 0.05) is 25.6 Å². The van der Waals surface area contributed by atoms with E-state index < -0.39 is 10.0 Å². The summed E-state index contributed by atoms with van der Waals surface area (Å²) in [7, 11) is -1.60. The van der Waals surface area contributed by atoms with Crippen molar-refractivity contribution in [1.29, 1.82) is 0 Å². The summed E-state index contributed by atoms with van der Waals surface area (Å²) in [6, 6.07) is 5.24. The van der Waals surface area contributed by atoms with Crippen molar-refractivity contribution in [2.75, 3.05) is 26.7 Å². The van der Waals surface area contributed by atoms with Gasteiger partial charge in [0.05, 0.1) is 22.8 Å². The van der Waals surface area contributed by atoms with E-state index in [1.54, 1.807) is 17.5 Å². The molecule has 200 valence electrons. The molecule has 3 aromatic rings. The van der Waals surface area contributed by atoms with Gasteiger partial charge in [-0.05, 0) is 76.6 Å². The van der Waals surface area contributed by atoms with Crippen LogP contribution in [0.1, 0.15) is 51.0 Å². The third-order valence-electron chi connectivity index (χ3n) is 7.82. The van der Waals surface area contributed by atoms with Crippen LogP contribution < -0.4 is 15.0 Å². The summed E-state index contributed by atoms with van der Waals surface area (Å²) >= 11 is 0. The number of hydrogen-bond donors (Lipinski definition) is 2. The fraction of sp³-hybridized carbons (Fsp3) is 0.577. The van der Waals surface area contributed by atoms with E-state index in [-0.39, 0.29) is 16.3 Å². The SMILES string of the molecule is CCCc1nc(C)c2c(=O)[nH]c(-c3cc(S(=O)(=O)NCCC4C5CCC4N(C)C5)ccc3OCC)nn12. The van der Waals surface area contributed by atoms with Gasteiger partial charge in [-0.3, -0.25) is 4.79 Å². The van der Waals surface area contributed by atoms with E-state index in [2.05, 4.69) is 31.7 Å². The molecule has 1 aromatic carbocycles. The number of sulfonamides is 1. The number of imidazole rings is 1. The van der Waals surface area contributed by atoms with Crippen molar-refractivity contribution in [3.63, 3.8) is 0 Å². The lowest BCUT2D eigenvalue weighted by Crippen LogP contribution is -2.31. The molecule has 0 spiro atoms. The number of hydrogen-bond acceptors (Lipinski definition) is 7. The van der Waals surface area contributed by atoms with Gasteiger partial charge in [-0.25, -0.2) is 22.6 Å². The Morgan fingerprint density at radius 3 is 2.73 bits per heavy atom. The molecule has 2 aromatic heterocycles. The fourth-order valence-electron chi connectivity index (χ4n) is 6.16. The highest BCUT2D eigenvalue weighted by Crippen LogP contribution is 2.43. The second kappa shape index (κ2) is 10.2. The summed E-state index contributed by atoms with van der Waals surface area (Å²) in [5.74, 6) is 2.58. The van der Waals surface area contributed by atoms with Gasteiger partial charge in [0.25, 0.3) is 5.56 Å². The molecule has 2 fully saturated rings. The first-order valence-corrected chi connectivity index (χ1v) is 14.7. The van der Waals surface area contributed by atoms with Gasteiger partial charge in [0.1, 0.15) is 11.6 Å². The molecule has 3 unspecified atom stereocenters. The van der Waals surface area contributed by atoms with Crippen molar-refractivity contribution in [2.45, 2.75) is 63.8 Å². The molecule has 10 nitrogen and oxygen atoms in total. The Bertz CT molecular complexity index is 1460. The van der Waals surface area contributed by atoms with Crippen LogP contribution >= 0.6 is 0 Å². The van der Waals surface area contributed by atoms with E-state index in [1.165, 1.54) is 25.0 Å². The minimum Gasteiger partial charge on any atom is -0.493 e. The van der Waals surface area contributed by atoms with Crippen LogP contribution in [-0.4, -0.2) is 65.7 Å². The van der Waals surface area contributed by atoms with E-state index >= 15 is 0 Å². The molecule has 2 bridgehead atoms. The number of fused-ring (bicyclic) bond motifs is 3. The van der Waals surface area contributed by atoms with Gasteiger partial charge in [-0.2, -0.15) is 0 Å². The van der Waals surface area contributed by atoms with Crippen LogP contribution in [0, 0.1) is 18.8 Å². The first kappa shape index (κ1) is 25.9. The number of aromatic nitrogens is 4. The third kappa shape index (κ3) is 4.80. The average Bonchev–Trinajstić information content (AvgIpc) is 3.49. The van der Waals surface area contributed by atoms with Crippen LogP contribution in [0.2, 0.25) is 0 Å². The minimum atomic E-state index is -3.77. The lowest BCUT2D eigenvalue weighted by molar-refractivity contribution is 0.251. The topological polar surface area (TPSA) is 122 Å². The zero-order valence-corrected chi connectivity index (χ0v) is 22.8. The van der Waals surface area contributed by atoms with Gasteiger partial charge < -0.3 is 14.6 Å². The van der Waals surface area contributed by atoms with Gasteiger partial charge in [0.15, 0.2) is 11.3 Å². The smallest absolute Gasteiger partial charge is 0.277 e. The highest BCUT2D eigenvalue weighted by molar-refractivity contribution is 7.89. The normalized spacial score (nSPS) is 21.8. The predicted molar refractivity (Wildman–Crippen MR) is 141 cm³/mol. The Labute approximate surface area is 217 Å². The fourth-order valence-corrected chi connectivity index (χ4v) is 7.24. The molecule has 2 aliphatic rings. The van der Waals surface area contributed by atoms with Crippen molar-refractivity contribution >= 4 is 15.5 Å². The number of nitrogens with one attached hydrogen (secondary N) is 2. The molecule has 1 aliphatic carbocycles. The summed E-state index contributed by atoms with van der Waals surface area (Å²) < 4.78 is 36.6. The Balaban J connectivity index is 1.45. The number of piperidine rings is 1. The lowest BCUT2D eigenvalue weighted by Gasteiger charge is -2.22. The van der Waals surface area contributed by atoms with Crippen LogP contribution in [0.25, 0.3) is 16.9 Å². The van der Waals surface area contributed by atoms with Crippen molar-refractivity contribution < 1.29 is 13.2 Å². The number of benzene rings is 1. The molecule has 1 saturated carbocycles. The van der Waals surface area contributed by atoms with Gasteiger partial charge >= 0.3 is 0 Å². The summed E-state index contributed by atoms with van der Waals surface area (Å²) in [5, 5.41) is 4.66. The van der Waals surface area contributed by atoms with E-state index in [0.717, 1.165) is 19.4 Å². The largest absolute Gasteiger partial charge is 0.493 e. The number of rotatable bonds is 10. The van der Waals surface area contributed by atoms with E-state index in [0.29, 0.717) is 65.8 Å². The van der Waals surface area contributed by atoms with Crippen LogP contribution in [0.4, 0.5) is 0 Å². The highest BCUT2D eigenvalue weighted by Gasteiger charge is 2.44. The first-order chi connectivity index (χ1) is 17.7. The molecule has 11 heteroatoms. The highest BCUT2D eigenvalue weighted by atomic mass is 32.2. The van der Waals surface area contributed by atoms with Crippen LogP contribution in [0.15, 0.2) is 27.9 Å². The Hall–Kier alpha value is -2.76. The Morgan fingerprint density at radius 1 is 1.24 bits per heavy atom. The second-order valence-corrected chi connectivity index (χ2v) is 12.0. The van der Waals surface area contributed by atoms with E-state index in [1.807, 2.05) is 13.8 Å². The van der Waals surface area contributed by atoms with Crippen molar-refractivity contribution in [1.82, 2.24) is 29.2 Å². The van der Waals surface area contributed by atoms with Crippen LogP contribution in [-0.2, 0) is 16.4 Å². The minimum absolute atomic E-state index is 0.107. The summed E-state index contributed by atoms with van der Waals surface area (Å²) in [6.45, 7) is 7.55. The molecule has 0 radical (unpaired) electrons. The van der Waals surface area contributed by atoms with E-state index in [4.69, 9.17) is 4.74 Å². The van der Waals surface area contributed by atoms with Gasteiger partial charge in [-0.15, -0.1) is 5.10 Å². The number of likely N-dealkylation sites (tertiary alicyclic amines) is 1. The summed E-state index contributed by atoms with van der Waals surface area (Å²) in [4.78, 5) is 22.8. The third-order valence-corrected chi connectivity index (χ3v) is 9.28. The van der Waals surface area contributed by atoms with Gasteiger partial charge in [0.2, 0.25) is 10.0 Å². The molecular formula is C26H36N6O4S. The number of nitrogens with zero attached hydrogens (tertiary/aromatic N) is 4. The number of aryl methyl sites for hydroxylation is 2. The quantitative estimate of drug-likeness (QED) is 0.415. The van der Waals surface area contributed by atoms with E-state index in [9.17, 15) is 13.2 Å². The van der Waals surface area contributed by atoms with Crippen molar-refractivity contribution in [3.8, 4) is 17.1 Å². The van der Waals surface area contributed by atoms with Crippen LogP contribution in [0.5, 0.6) is 5.75 Å². The predicted octanol–water partition coefficient (Wildman–Crippen LogP) is 2.75. The summed E-state index contributed by atoms with van der Waals surface area (Å²) in [5.41, 5.74) is 1.08. The molecule has 3 atom stereocenters. The molecule has 0 amide bonds. The average molecular weight is 529 g/mol. The van der Waals surface area contributed by atoms with Crippen LogP contribution in [0.3, 0.4) is 0 Å². The maximum atomic E-state index is 13.3. The summed E-state index contributed by atoms with van der Waals surface area (Å²) in [6.07, 6.45) is 4.78. The molecule has 3 heterocycles. The van der Waals surface area contributed by atoms with Gasteiger partial charge in [-0.1, -0.05) is 6.92 Å². The zero-order chi connectivity index (χ0) is 26.3. The monoisotopic (exact) mass is 528 g/mol. The molecule has 2 N–H and O–H groups in total. The molecule has 1 aliphatic heterocycles. The van der Waals surface area contributed by atoms with Crippen molar-refractivity contribution in [3.05, 3.63) is 40.1 Å². The Kier molecular flexibility index (Phi) is 7.12. The number of aromatic amines is 1. The Morgan fingerprint density at radius 2 is 2.05 bits per heavy atom. The number of H-pyrrole nitrogens is 1. The maximum Gasteiger partial charge on any atom is 0.277 e. The molecule has 1 saturated heterocycles. The number of ether oxygens (including phenoxy) is 1. The lowest BCUT2D eigenvalue weighted by atomic mass is 9.95. The molecule has 37 heavy (non-hydrogen) atoms. The van der Waals surface area contributed by atoms with Crippen molar-refractivity contribution in [2.24, 2.45) is 11.8 Å². The zero-order valence-electron chi connectivity index (χ0n) is 22.0. The molecule has 5 rings (SSSR count). The first-order valence-electron chi connectivity index (χ1n) is 13.2. The second-order valence-electron chi connectivity index (χ2n) is 10.2. The maximum absolute atomic E-state index is 13.3. The standard InChI is InChI=1S/C26H36N6O4S/c1-5-7-23-28-16(3)24-26(33)29-25(30-32(23)24)20-14-18(9-11-22(20)36-6-2)37(34,35)27-13-12-19-17-8-10-21(19)31(4)15-17/h9,11,14,17,19,21,27H,5-8,10,12-13,15H2,1-4H3,(H,29,30,33).